The molecule has 0 spiro atoms. The normalized spacial score (nSPS) is 11.0. The molecule has 0 aromatic carbocycles. The van der Waals surface area contributed by atoms with Crippen molar-refractivity contribution in [3.8, 4) is 12.3 Å². The lowest BCUT2D eigenvalue weighted by Gasteiger charge is -2.04. The van der Waals surface area contributed by atoms with E-state index in [0.29, 0.717) is 12.8 Å². The summed E-state index contributed by atoms with van der Waals surface area (Å²) in [7, 11) is -3.72. The monoisotopic (exact) mass is 254 g/mol. The average Bonchev–Trinajstić information content (AvgIpc) is 2.29. The zero-order valence-corrected chi connectivity index (χ0v) is 10.1. The molecule has 0 amide bonds. The van der Waals surface area contributed by atoms with Gasteiger partial charge in [-0.1, -0.05) is 0 Å². The van der Waals surface area contributed by atoms with Gasteiger partial charge in [0.15, 0.2) is 0 Å². The molecule has 1 rings (SSSR count). The van der Waals surface area contributed by atoms with Crippen molar-refractivity contribution in [1.82, 2.24) is 9.71 Å². The van der Waals surface area contributed by atoms with Gasteiger partial charge in [0, 0.05) is 31.4 Å². The molecule has 1 heterocycles. The van der Waals surface area contributed by atoms with Crippen LogP contribution < -0.4 is 10.2 Å². The van der Waals surface area contributed by atoms with Crippen molar-refractivity contribution in [2.24, 2.45) is 0 Å². The van der Waals surface area contributed by atoms with Crippen molar-refractivity contribution in [1.29, 1.82) is 0 Å². The molecule has 6 heteroatoms. The third-order valence-corrected chi connectivity index (χ3v) is 3.60. The number of sulfonamides is 1. The van der Waals surface area contributed by atoms with Gasteiger partial charge in [0.25, 0.3) is 0 Å². The minimum absolute atomic E-state index is 0.267. The highest BCUT2D eigenvalue weighted by Crippen LogP contribution is 2.00. The fraction of sp³-hybridized carbons (Fsp3) is 0.364. The number of pyridine rings is 1. The van der Waals surface area contributed by atoms with Gasteiger partial charge in [-0.2, -0.15) is 0 Å². The minimum Gasteiger partial charge on any atom is -0.366 e. The summed E-state index contributed by atoms with van der Waals surface area (Å²) in [6.07, 6.45) is 9.65. The van der Waals surface area contributed by atoms with Gasteiger partial charge in [-0.05, 0) is 12.8 Å². The SMILES string of the molecule is C#CCCCCNS(=O)(=O)c1c[nH]ccc1=O. The van der Waals surface area contributed by atoms with Crippen molar-refractivity contribution in [2.45, 2.75) is 24.2 Å². The van der Waals surface area contributed by atoms with E-state index < -0.39 is 15.5 Å². The van der Waals surface area contributed by atoms with Crippen molar-refractivity contribution >= 4 is 10.0 Å². The van der Waals surface area contributed by atoms with Crippen LogP contribution >= 0.6 is 0 Å². The second-order valence-electron chi connectivity index (χ2n) is 3.43. The number of aromatic nitrogens is 1. The second kappa shape index (κ2) is 6.23. The number of rotatable bonds is 6. The Hall–Kier alpha value is -1.58. The predicted molar refractivity (Wildman–Crippen MR) is 64.9 cm³/mol. The number of aromatic amines is 1. The van der Waals surface area contributed by atoms with Crippen molar-refractivity contribution in [3.63, 3.8) is 0 Å². The second-order valence-corrected chi connectivity index (χ2v) is 5.17. The Balaban J connectivity index is 2.62. The first kappa shape index (κ1) is 13.5. The van der Waals surface area contributed by atoms with Crippen LogP contribution in [0.4, 0.5) is 0 Å². The number of terminal acetylenes is 1. The minimum atomic E-state index is -3.72. The van der Waals surface area contributed by atoms with Crippen molar-refractivity contribution < 1.29 is 8.42 Å². The van der Waals surface area contributed by atoms with Crippen LogP contribution in [0.25, 0.3) is 0 Å². The topological polar surface area (TPSA) is 79.0 Å². The lowest BCUT2D eigenvalue weighted by atomic mass is 10.2. The molecule has 2 N–H and O–H groups in total. The number of hydrogen-bond acceptors (Lipinski definition) is 3. The molecule has 0 radical (unpaired) electrons. The van der Waals surface area contributed by atoms with Crippen LogP contribution in [0.2, 0.25) is 0 Å². The van der Waals surface area contributed by atoms with Crippen LogP contribution in [0, 0.1) is 12.3 Å². The van der Waals surface area contributed by atoms with Crippen LogP contribution in [-0.4, -0.2) is 19.9 Å². The van der Waals surface area contributed by atoms with Gasteiger partial charge >= 0.3 is 0 Å². The van der Waals surface area contributed by atoms with E-state index >= 15 is 0 Å². The van der Waals surface area contributed by atoms with Gasteiger partial charge < -0.3 is 4.98 Å². The van der Waals surface area contributed by atoms with E-state index in [-0.39, 0.29) is 11.4 Å². The predicted octanol–water partition coefficient (Wildman–Crippen LogP) is 0.457. The number of H-pyrrole nitrogens is 1. The Morgan fingerprint density at radius 2 is 2.18 bits per heavy atom. The van der Waals surface area contributed by atoms with Gasteiger partial charge in [0.05, 0.1) is 0 Å². The molecule has 17 heavy (non-hydrogen) atoms. The summed E-state index contributed by atoms with van der Waals surface area (Å²) in [4.78, 5) is 13.6. The van der Waals surface area contributed by atoms with Crippen molar-refractivity contribution in [2.75, 3.05) is 6.54 Å². The molecule has 0 aliphatic heterocycles. The Morgan fingerprint density at radius 1 is 1.41 bits per heavy atom. The quantitative estimate of drug-likeness (QED) is 0.571. The van der Waals surface area contributed by atoms with Gasteiger partial charge in [-0.15, -0.1) is 12.3 Å². The Kier molecular flexibility index (Phi) is 4.94. The van der Waals surface area contributed by atoms with E-state index in [1.807, 2.05) is 0 Å². The molecule has 0 saturated carbocycles. The largest absolute Gasteiger partial charge is 0.366 e. The first-order chi connectivity index (χ1) is 8.08. The highest BCUT2D eigenvalue weighted by atomic mass is 32.2. The highest BCUT2D eigenvalue weighted by Gasteiger charge is 2.16. The summed E-state index contributed by atoms with van der Waals surface area (Å²) in [6.45, 7) is 0.276. The first-order valence-corrected chi connectivity index (χ1v) is 6.66. The Labute approximate surface area is 100 Å². The molecule has 0 bridgehead atoms. The summed E-state index contributed by atoms with van der Waals surface area (Å²) in [5.74, 6) is 2.47. The molecule has 92 valence electrons. The van der Waals surface area contributed by atoms with Crippen LogP contribution in [0.1, 0.15) is 19.3 Å². The van der Waals surface area contributed by atoms with E-state index in [1.54, 1.807) is 0 Å². The zero-order valence-electron chi connectivity index (χ0n) is 9.27. The maximum atomic E-state index is 11.7. The molecular formula is C11H14N2O3S. The molecule has 0 aliphatic rings. The van der Waals surface area contributed by atoms with E-state index in [9.17, 15) is 13.2 Å². The van der Waals surface area contributed by atoms with E-state index in [2.05, 4.69) is 15.6 Å². The molecule has 0 saturated heterocycles. The Morgan fingerprint density at radius 3 is 2.82 bits per heavy atom. The van der Waals surface area contributed by atoms with Crippen molar-refractivity contribution in [3.05, 3.63) is 28.7 Å². The van der Waals surface area contributed by atoms with E-state index in [1.165, 1.54) is 18.5 Å². The summed E-state index contributed by atoms with van der Waals surface area (Å²) >= 11 is 0. The molecule has 0 fully saturated rings. The smallest absolute Gasteiger partial charge is 0.245 e. The summed E-state index contributed by atoms with van der Waals surface area (Å²) in [6, 6.07) is 1.17. The van der Waals surface area contributed by atoms with E-state index in [0.717, 1.165) is 6.42 Å². The molecule has 5 nitrogen and oxygen atoms in total. The standard InChI is InChI=1S/C11H14N2O3S/c1-2-3-4-5-7-13-17(15,16)11-9-12-8-6-10(11)14/h1,6,8-9,13H,3-5,7H2,(H,12,14). The van der Waals surface area contributed by atoms with Crippen LogP contribution in [0.3, 0.4) is 0 Å². The average molecular weight is 254 g/mol. The molecule has 0 unspecified atom stereocenters. The van der Waals surface area contributed by atoms with Crippen LogP contribution in [-0.2, 0) is 10.0 Å². The molecule has 1 aromatic rings. The van der Waals surface area contributed by atoms with Crippen LogP contribution in [0.15, 0.2) is 28.2 Å². The maximum Gasteiger partial charge on any atom is 0.245 e. The Bertz CT molecular complexity index is 555. The molecule has 1 aromatic heterocycles. The maximum absolute atomic E-state index is 11.7. The number of nitrogens with one attached hydrogen (secondary N) is 2. The third-order valence-electron chi connectivity index (χ3n) is 2.12. The van der Waals surface area contributed by atoms with Gasteiger partial charge in [-0.3, -0.25) is 4.79 Å². The molecule has 0 aliphatic carbocycles. The van der Waals surface area contributed by atoms with Gasteiger partial charge in [0.2, 0.25) is 15.5 Å². The van der Waals surface area contributed by atoms with Gasteiger partial charge in [0.1, 0.15) is 4.90 Å². The molecular weight excluding hydrogens is 240 g/mol. The lowest BCUT2D eigenvalue weighted by Crippen LogP contribution is -2.29. The number of unbranched alkanes of at least 4 members (excludes halogenated alkanes) is 2. The fourth-order valence-corrected chi connectivity index (χ4v) is 2.37. The lowest BCUT2D eigenvalue weighted by molar-refractivity contribution is 0.576. The van der Waals surface area contributed by atoms with Gasteiger partial charge in [-0.25, -0.2) is 13.1 Å². The summed E-state index contributed by atoms with van der Waals surface area (Å²) in [5.41, 5.74) is -0.528. The fourth-order valence-electron chi connectivity index (χ4n) is 1.25. The first-order valence-electron chi connectivity index (χ1n) is 5.18. The number of hydrogen-bond donors (Lipinski definition) is 2. The summed E-state index contributed by atoms with van der Waals surface area (Å²) in [5, 5.41) is 0. The third kappa shape index (κ3) is 4.06. The van der Waals surface area contributed by atoms with E-state index in [4.69, 9.17) is 6.42 Å². The highest BCUT2D eigenvalue weighted by molar-refractivity contribution is 7.89. The zero-order chi connectivity index (χ0) is 12.7. The summed E-state index contributed by atoms with van der Waals surface area (Å²) < 4.78 is 25.8. The van der Waals surface area contributed by atoms with Crippen LogP contribution in [0.5, 0.6) is 0 Å². The molecule has 0 atom stereocenters.